The normalized spacial score (nSPS) is 26.3. The molecule has 1 saturated carbocycles. The zero-order valence-corrected chi connectivity index (χ0v) is 11.0. The van der Waals surface area contributed by atoms with E-state index >= 15 is 0 Å². The molecule has 0 heterocycles. The van der Waals surface area contributed by atoms with Crippen molar-refractivity contribution < 1.29 is 14.6 Å². The first kappa shape index (κ1) is 15.4. The molecule has 1 unspecified atom stereocenters. The van der Waals surface area contributed by atoms with Crippen molar-refractivity contribution in [2.75, 3.05) is 0 Å². The number of esters is 1. The Morgan fingerprint density at radius 1 is 1.44 bits per heavy atom. The maximum atomic E-state index is 11.0. The quantitative estimate of drug-likeness (QED) is 0.742. The van der Waals surface area contributed by atoms with Crippen molar-refractivity contribution >= 4 is 5.97 Å². The van der Waals surface area contributed by atoms with E-state index in [-0.39, 0.29) is 6.10 Å². The van der Waals surface area contributed by atoms with Crippen molar-refractivity contribution in [1.29, 1.82) is 0 Å². The SMILES string of the molecule is CC(O)C(=O)O[C@H]1CCC[C@@H](C)C1.CCC. The summed E-state index contributed by atoms with van der Waals surface area (Å²) in [4.78, 5) is 11.0. The van der Waals surface area contributed by atoms with Crippen LogP contribution >= 0.6 is 0 Å². The largest absolute Gasteiger partial charge is 0.460 e. The zero-order chi connectivity index (χ0) is 12.6. The van der Waals surface area contributed by atoms with E-state index in [1.807, 2.05) is 0 Å². The number of carbonyl (C=O) groups is 1. The molecule has 3 atom stereocenters. The van der Waals surface area contributed by atoms with E-state index in [1.54, 1.807) is 0 Å². The van der Waals surface area contributed by atoms with Crippen LogP contribution in [0.1, 0.15) is 59.8 Å². The van der Waals surface area contributed by atoms with Crippen LogP contribution in [0.3, 0.4) is 0 Å². The summed E-state index contributed by atoms with van der Waals surface area (Å²) in [6.07, 6.45) is 4.53. The minimum Gasteiger partial charge on any atom is -0.460 e. The maximum Gasteiger partial charge on any atom is 0.334 e. The van der Waals surface area contributed by atoms with Crippen molar-refractivity contribution in [3.05, 3.63) is 0 Å². The highest BCUT2D eigenvalue weighted by Gasteiger charge is 2.23. The lowest BCUT2D eigenvalue weighted by Gasteiger charge is -2.26. The fraction of sp³-hybridized carbons (Fsp3) is 0.923. The third kappa shape index (κ3) is 6.83. The van der Waals surface area contributed by atoms with Gasteiger partial charge in [0.05, 0.1) is 0 Å². The summed E-state index contributed by atoms with van der Waals surface area (Å²) in [6.45, 7) is 7.86. The van der Waals surface area contributed by atoms with Crippen LogP contribution in [-0.2, 0) is 9.53 Å². The Balaban J connectivity index is 0.000000673. The number of aliphatic hydroxyl groups is 1. The van der Waals surface area contributed by atoms with E-state index in [4.69, 9.17) is 9.84 Å². The molecule has 1 aliphatic rings. The van der Waals surface area contributed by atoms with Gasteiger partial charge in [-0.3, -0.25) is 0 Å². The highest BCUT2D eigenvalue weighted by Crippen LogP contribution is 2.25. The monoisotopic (exact) mass is 230 g/mol. The van der Waals surface area contributed by atoms with Crippen LogP contribution in [0.25, 0.3) is 0 Å². The molecule has 0 aromatic heterocycles. The summed E-state index contributed by atoms with van der Waals surface area (Å²) < 4.78 is 5.13. The van der Waals surface area contributed by atoms with Gasteiger partial charge in [0, 0.05) is 0 Å². The van der Waals surface area contributed by atoms with Crippen LogP contribution in [0.2, 0.25) is 0 Å². The Morgan fingerprint density at radius 2 is 2.00 bits per heavy atom. The van der Waals surface area contributed by atoms with Crippen LogP contribution in [0.15, 0.2) is 0 Å². The first-order valence-electron chi connectivity index (χ1n) is 6.39. The number of carbonyl (C=O) groups excluding carboxylic acids is 1. The van der Waals surface area contributed by atoms with Crippen LogP contribution < -0.4 is 0 Å². The topological polar surface area (TPSA) is 46.5 Å². The van der Waals surface area contributed by atoms with Crippen LogP contribution in [0, 0.1) is 5.92 Å². The molecule has 3 nitrogen and oxygen atoms in total. The lowest BCUT2D eigenvalue weighted by molar-refractivity contribution is -0.160. The van der Waals surface area contributed by atoms with Gasteiger partial charge in [0.2, 0.25) is 0 Å². The average Bonchev–Trinajstić information content (AvgIpc) is 2.18. The van der Waals surface area contributed by atoms with E-state index in [2.05, 4.69) is 20.8 Å². The molecule has 16 heavy (non-hydrogen) atoms. The Bertz CT molecular complexity index is 190. The van der Waals surface area contributed by atoms with Crippen LogP contribution in [0.4, 0.5) is 0 Å². The van der Waals surface area contributed by atoms with E-state index in [0.717, 1.165) is 19.3 Å². The van der Waals surface area contributed by atoms with Crippen LogP contribution in [0.5, 0.6) is 0 Å². The Labute approximate surface area is 99.2 Å². The molecule has 0 aliphatic heterocycles. The first-order valence-corrected chi connectivity index (χ1v) is 6.39. The number of hydrogen-bond acceptors (Lipinski definition) is 3. The lowest BCUT2D eigenvalue weighted by Crippen LogP contribution is -2.29. The van der Waals surface area contributed by atoms with Gasteiger partial charge >= 0.3 is 5.97 Å². The summed E-state index contributed by atoms with van der Waals surface area (Å²) >= 11 is 0. The Hall–Kier alpha value is -0.570. The summed E-state index contributed by atoms with van der Waals surface area (Å²) in [5, 5.41) is 8.94. The van der Waals surface area contributed by atoms with Gasteiger partial charge in [-0.05, 0) is 32.1 Å². The summed E-state index contributed by atoms with van der Waals surface area (Å²) in [6, 6.07) is 0. The predicted octanol–water partition coefficient (Wildman–Crippen LogP) is 2.91. The molecule has 0 amide bonds. The summed E-state index contributed by atoms with van der Waals surface area (Å²) in [5.74, 6) is 0.152. The average molecular weight is 230 g/mol. The van der Waals surface area contributed by atoms with Crippen molar-refractivity contribution in [3.8, 4) is 0 Å². The molecule has 0 saturated heterocycles. The molecule has 1 N–H and O–H groups in total. The molecule has 0 aromatic rings. The summed E-state index contributed by atoms with van der Waals surface area (Å²) in [7, 11) is 0. The van der Waals surface area contributed by atoms with Crippen molar-refractivity contribution in [2.45, 2.75) is 72.0 Å². The van der Waals surface area contributed by atoms with Crippen molar-refractivity contribution in [1.82, 2.24) is 0 Å². The number of ether oxygens (including phenoxy) is 1. The second kappa shape index (κ2) is 8.57. The van der Waals surface area contributed by atoms with Gasteiger partial charge < -0.3 is 9.84 Å². The van der Waals surface area contributed by atoms with Gasteiger partial charge in [-0.25, -0.2) is 4.79 Å². The smallest absolute Gasteiger partial charge is 0.334 e. The number of rotatable bonds is 2. The Morgan fingerprint density at radius 3 is 2.44 bits per heavy atom. The minimum absolute atomic E-state index is 0.0332. The van der Waals surface area contributed by atoms with E-state index in [9.17, 15) is 4.79 Å². The van der Waals surface area contributed by atoms with Crippen molar-refractivity contribution in [2.24, 2.45) is 5.92 Å². The number of hydrogen-bond donors (Lipinski definition) is 1. The van der Waals surface area contributed by atoms with Gasteiger partial charge in [0.25, 0.3) is 0 Å². The second-order valence-corrected chi connectivity index (χ2v) is 4.71. The highest BCUT2D eigenvalue weighted by atomic mass is 16.6. The maximum absolute atomic E-state index is 11.0. The molecule has 0 spiro atoms. The standard InChI is InChI=1S/C10H18O3.C3H8/c1-7-4-3-5-9(6-7)13-10(12)8(2)11;1-3-2/h7-9,11H,3-6H2,1-2H3;3H2,1-2H3/t7-,8?,9+;/m1./s1. The first-order chi connectivity index (χ1) is 7.51. The molecular weight excluding hydrogens is 204 g/mol. The molecule has 1 fully saturated rings. The molecule has 1 aliphatic carbocycles. The van der Waals surface area contributed by atoms with Gasteiger partial charge in [-0.1, -0.05) is 33.6 Å². The van der Waals surface area contributed by atoms with E-state index < -0.39 is 12.1 Å². The summed E-state index contributed by atoms with van der Waals surface area (Å²) in [5.41, 5.74) is 0. The van der Waals surface area contributed by atoms with Gasteiger partial charge in [-0.2, -0.15) is 0 Å². The van der Waals surface area contributed by atoms with Gasteiger partial charge in [0.1, 0.15) is 12.2 Å². The molecule has 1 rings (SSSR count). The van der Waals surface area contributed by atoms with Crippen molar-refractivity contribution in [3.63, 3.8) is 0 Å². The lowest BCUT2D eigenvalue weighted by atomic mass is 9.89. The number of aliphatic hydroxyl groups excluding tert-OH is 1. The molecule has 0 bridgehead atoms. The molecular formula is C13H26O3. The molecule has 0 radical (unpaired) electrons. The fourth-order valence-corrected chi connectivity index (χ4v) is 1.75. The van der Waals surface area contributed by atoms with Gasteiger partial charge in [-0.15, -0.1) is 0 Å². The van der Waals surface area contributed by atoms with Crippen LogP contribution in [-0.4, -0.2) is 23.3 Å². The molecule has 96 valence electrons. The van der Waals surface area contributed by atoms with E-state index in [0.29, 0.717) is 5.92 Å². The molecule has 3 heteroatoms. The Kier molecular flexibility index (Phi) is 8.26. The minimum atomic E-state index is -0.989. The highest BCUT2D eigenvalue weighted by molar-refractivity contribution is 5.73. The second-order valence-electron chi connectivity index (χ2n) is 4.71. The third-order valence-corrected chi connectivity index (χ3v) is 2.51. The molecule has 0 aromatic carbocycles. The van der Waals surface area contributed by atoms with E-state index in [1.165, 1.54) is 19.8 Å². The fourth-order valence-electron chi connectivity index (χ4n) is 1.75. The predicted molar refractivity (Wildman–Crippen MR) is 65.2 cm³/mol. The van der Waals surface area contributed by atoms with Gasteiger partial charge in [0.15, 0.2) is 0 Å². The third-order valence-electron chi connectivity index (χ3n) is 2.51. The zero-order valence-electron chi connectivity index (χ0n) is 11.0.